The maximum Gasteiger partial charge on any atom is 0.203 e. The molecule has 0 fully saturated rings. The molecular formula is C14H18N2O4. The van der Waals surface area contributed by atoms with Gasteiger partial charge in [0, 0.05) is 18.2 Å². The van der Waals surface area contributed by atoms with E-state index in [9.17, 15) is 0 Å². The fourth-order valence-electron chi connectivity index (χ4n) is 1.94. The number of hydrogen-bond donors (Lipinski definition) is 1. The number of aromatic nitrogens is 1. The number of methoxy groups -OCH3 is 3. The van der Waals surface area contributed by atoms with Crippen LogP contribution in [-0.4, -0.2) is 26.5 Å². The second-order valence-electron chi connectivity index (χ2n) is 4.17. The van der Waals surface area contributed by atoms with E-state index in [1.54, 1.807) is 21.3 Å². The van der Waals surface area contributed by atoms with Gasteiger partial charge in [-0.2, -0.15) is 0 Å². The largest absolute Gasteiger partial charge is 0.493 e. The lowest BCUT2D eigenvalue weighted by molar-refractivity contribution is 0.322. The molecule has 1 N–H and O–H groups in total. The van der Waals surface area contributed by atoms with Crippen LogP contribution in [0.4, 0.5) is 5.82 Å². The molecule has 0 unspecified atom stereocenters. The molecule has 6 heteroatoms. The molecule has 0 atom stereocenters. The molecule has 0 aliphatic carbocycles. The van der Waals surface area contributed by atoms with Gasteiger partial charge < -0.3 is 24.1 Å². The van der Waals surface area contributed by atoms with Crippen LogP contribution in [0.2, 0.25) is 0 Å². The molecule has 0 radical (unpaired) electrons. The van der Waals surface area contributed by atoms with Crippen LogP contribution in [-0.2, 0) is 6.54 Å². The summed E-state index contributed by atoms with van der Waals surface area (Å²) in [5, 5.41) is 7.04. The van der Waals surface area contributed by atoms with E-state index in [2.05, 4.69) is 10.5 Å². The van der Waals surface area contributed by atoms with E-state index in [1.165, 1.54) is 0 Å². The van der Waals surface area contributed by atoms with E-state index in [1.807, 2.05) is 25.1 Å². The molecule has 0 amide bonds. The van der Waals surface area contributed by atoms with Crippen molar-refractivity contribution < 1.29 is 18.7 Å². The van der Waals surface area contributed by atoms with Gasteiger partial charge in [0.1, 0.15) is 5.76 Å². The Morgan fingerprint density at radius 2 is 1.85 bits per heavy atom. The van der Waals surface area contributed by atoms with Crippen LogP contribution < -0.4 is 19.5 Å². The lowest BCUT2D eigenvalue weighted by atomic mass is 10.1. The SMILES string of the molecule is COc1ccc(CNc2cc(C)on2)c(OC)c1OC. The molecular weight excluding hydrogens is 260 g/mol. The molecule has 2 rings (SSSR count). The smallest absolute Gasteiger partial charge is 0.203 e. The van der Waals surface area contributed by atoms with E-state index < -0.39 is 0 Å². The monoisotopic (exact) mass is 278 g/mol. The van der Waals surface area contributed by atoms with E-state index in [-0.39, 0.29) is 0 Å². The van der Waals surface area contributed by atoms with Crippen molar-refractivity contribution in [2.24, 2.45) is 0 Å². The van der Waals surface area contributed by atoms with Gasteiger partial charge in [-0.05, 0) is 19.1 Å². The predicted octanol–water partition coefficient (Wildman–Crippen LogP) is 2.62. The van der Waals surface area contributed by atoms with Gasteiger partial charge in [-0.15, -0.1) is 0 Å². The molecule has 1 heterocycles. The summed E-state index contributed by atoms with van der Waals surface area (Å²) >= 11 is 0. The third-order valence-electron chi connectivity index (χ3n) is 2.87. The summed E-state index contributed by atoms with van der Waals surface area (Å²) in [4.78, 5) is 0. The first-order valence-corrected chi connectivity index (χ1v) is 6.14. The molecule has 0 spiro atoms. The molecule has 2 aromatic rings. The normalized spacial score (nSPS) is 10.2. The number of anilines is 1. The van der Waals surface area contributed by atoms with Crippen LogP contribution in [0.15, 0.2) is 22.7 Å². The quantitative estimate of drug-likeness (QED) is 0.876. The van der Waals surface area contributed by atoms with E-state index in [0.717, 1.165) is 11.3 Å². The fraction of sp³-hybridized carbons (Fsp3) is 0.357. The summed E-state index contributed by atoms with van der Waals surface area (Å²) in [6, 6.07) is 5.58. The minimum atomic E-state index is 0.537. The van der Waals surface area contributed by atoms with Gasteiger partial charge in [0.25, 0.3) is 0 Å². The van der Waals surface area contributed by atoms with Gasteiger partial charge in [0.2, 0.25) is 5.75 Å². The Kier molecular flexibility index (Phi) is 4.34. The number of nitrogens with one attached hydrogen (secondary N) is 1. The number of nitrogens with zero attached hydrogens (tertiary/aromatic N) is 1. The van der Waals surface area contributed by atoms with Crippen molar-refractivity contribution >= 4 is 5.82 Å². The Morgan fingerprint density at radius 3 is 2.40 bits per heavy atom. The van der Waals surface area contributed by atoms with Gasteiger partial charge in [-0.1, -0.05) is 5.16 Å². The lowest BCUT2D eigenvalue weighted by Gasteiger charge is -2.15. The third-order valence-corrected chi connectivity index (χ3v) is 2.87. The fourth-order valence-corrected chi connectivity index (χ4v) is 1.94. The Balaban J connectivity index is 2.22. The highest BCUT2D eigenvalue weighted by Crippen LogP contribution is 2.39. The lowest BCUT2D eigenvalue weighted by Crippen LogP contribution is -2.04. The minimum Gasteiger partial charge on any atom is -0.493 e. The molecule has 0 aliphatic rings. The number of ether oxygens (including phenoxy) is 3. The average molecular weight is 278 g/mol. The molecule has 20 heavy (non-hydrogen) atoms. The Hall–Kier alpha value is -2.37. The zero-order valence-corrected chi connectivity index (χ0v) is 12.0. The molecule has 0 bridgehead atoms. The van der Waals surface area contributed by atoms with Crippen molar-refractivity contribution in [2.75, 3.05) is 26.6 Å². The molecule has 6 nitrogen and oxygen atoms in total. The highest BCUT2D eigenvalue weighted by molar-refractivity contribution is 5.56. The Labute approximate surface area is 117 Å². The minimum absolute atomic E-state index is 0.537. The average Bonchev–Trinajstić information content (AvgIpc) is 2.89. The van der Waals surface area contributed by atoms with Crippen molar-refractivity contribution in [3.05, 3.63) is 29.5 Å². The highest BCUT2D eigenvalue weighted by Gasteiger charge is 2.15. The molecule has 0 aliphatic heterocycles. The van der Waals surface area contributed by atoms with E-state index >= 15 is 0 Å². The summed E-state index contributed by atoms with van der Waals surface area (Å²) in [5.74, 6) is 3.28. The number of rotatable bonds is 6. The van der Waals surface area contributed by atoms with Crippen LogP contribution in [0, 0.1) is 6.92 Å². The molecule has 108 valence electrons. The van der Waals surface area contributed by atoms with Crippen LogP contribution in [0.5, 0.6) is 17.2 Å². The van der Waals surface area contributed by atoms with E-state index in [0.29, 0.717) is 29.6 Å². The first-order valence-electron chi connectivity index (χ1n) is 6.14. The van der Waals surface area contributed by atoms with E-state index in [4.69, 9.17) is 18.7 Å². The van der Waals surface area contributed by atoms with Crippen molar-refractivity contribution in [2.45, 2.75) is 13.5 Å². The van der Waals surface area contributed by atoms with Crippen molar-refractivity contribution in [3.8, 4) is 17.2 Å². The summed E-state index contributed by atoms with van der Waals surface area (Å²) in [7, 11) is 4.77. The van der Waals surface area contributed by atoms with Crippen LogP contribution >= 0.6 is 0 Å². The topological polar surface area (TPSA) is 65.8 Å². The summed E-state index contributed by atoms with van der Waals surface area (Å²) < 4.78 is 21.0. The van der Waals surface area contributed by atoms with Crippen molar-refractivity contribution in [1.82, 2.24) is 5.16 Å². The van der Waals surface area contributed by atoms with Crippen LogP contribution in [0.3, 0.4) is 0 Å². The second kappa shape index (κ2) is 6.18. The van der Waals surface area contributed by atoms with Gasteiger partial charge in [-0.3, -0.25) is 0 Å². The second-order valence-corrected chi connectivity index (χ2v) is 4.17. The predicted molar refractivity (Wildman–Crippen MR) is 74.7 cm³/mol. The maximum absolute atomic E-state index is 5.41. The highest BCUT2D eigenvalue weighted by atomic mass is 16.5. The molecule has 1 aromatic heterocycles. The first-order chi connectivity index (χ1) is 9.69. The maximum atomic E-state index is 5.41. The number of hydrogen-bond acceptors (Lipinski definition) is 6. The third kappa shape index (κ3) is 2.79. The van der Waals surface area contributed by atoms with Crippen molar-refractivity contribution in [3.63, 3.8) is 0 Å². The summed E-state index contributed by atoms with van der Waals surface area (Å²) in [6.07, 6.45) is 0. The zero-order chi connectivity index (χ0) is 14.5. The number of aryl methyl sites for hydroxylation is 1. The zero-order valence-electron chi connectivity index (χ0n) is 12.0. The molecule has 0 saturated carbocycles. The van der Waals surface area contributed by atoms with Crippen LogP contribution in [0.1, 0.15) is 11.3 Å². The summed E-state index contributed by atoms with van der Waals surface area (Å²) in [5.41, 5.74) is 0.936. The number of benzene rings is 1. The standard InChI is InChI=1S/C14H18N2O4/c1-9-7-12(16-20-9)15-8-10-5-6-11(17-2)14(19-4)13(10)18-3/h5-7H,8H2,1-4H3,(H,15,16). The van der Waals surface area contributed by atoms with Gasteiger partial charge >= 0.3 is 0 Å². The Bertz CT molecular complexity index is 581. The van der Waals surface area contributed by atoms with Gasteiger partial charge in [0.05, 0.1) is 21.3 Å². The molecule has 1 aromatic carbocycles. The van der Waals surface area contributed by atoms with Crippen LogP contribution in [0.25, 0.3) is 0 Å². The van der Waals surface area contributed by atoms with Gasteiger partial charge in [0.15, 0.2) is 17.3 Å². The van der Waals surface area contributed by atoms with Crippen molar-refractivity contribution in [1.29, 1.82) is 0 Å². The van der Waals surface area contributed by atoms with Gasteiger partial charge in [-0.25, -0.2) is 0 Å². The summed E-state index contributed by atoms with van der Waals surface area (Å²) in [6.45, 7) is 2.38. The molecule has 0 saturated heterocycles. The Morgan fingerprint density at radius 1 is 1.10 bits per heavy atom. The first kappa shape index (κ1) is 14.0.